The van der Waals surface area contributed by atoms with Gasteiger partial charge < -0.3 is 9.88 Å². The number of aromatic nitrogens is 2. The Morgan fingerprint density at radius 3 is 2.83 bits per heavy atom. The average molecular weight is 323 g/mol. The van der Waals surface area contributed by atoms with Crippen LogP contribution in [0.4, 0.5) is 13.2 Å². The van der Waals surface area contributed by atoms with E-state index in [4.69, 9.17) is 0 Å². The number of benzene rings is 1. The first kappa shape index (κ1) is 15.6. The number of carbonyl (C=O) groups excluding carboxylic acids is 1. The molecule has 1 heterocycles. The van der Waals surface area contributed by atoms with Crippen LogP contribution in [0.15, 0.2) is 36.7 Å². The van der Waals surface area contributed by atoms with Crippen molar-refractivity contribution in [3.05, 3.63) is 42.2 Å². The second-order valence-electron chi connectivity index (χ2n) is 5.70. The normalized spacial score (nSPS) is 14.7. The highest BCUT2D eigenvalue weighted by molar-refractivity contribution is 5.76. The fraction of sp³-hybridized carbons (Fsp3) is 0.375. The highest BCUT2D eigenvalue weighted by atomic mass is 19.4. The van der Waals surface area contributed by atoms with Crippen molar-refractivity contribution in [1.29, 1.82) is 0 Å². The Labute approximate surface area is 131 Å². The number of imidazole rings is 1. The third-order valence-corrected chi connectivity index (χ3v) is 3.76. The number of halogens is 3. The molecule has 122 valence electrons. The largest absolute Gasteiger partial charge is 0.416 e. The molecule has 1 N–H and O–H groups in total. The molecule has 4 nitrogen and oxygen atoms in total. The van der Waals surface area contributed by atoms with Crippen LogP contribution in [0.5, 0.6) is 0 Å². The van der Waals surface area contributed by atoms with E-state index < -0.39 is 11.7 Å². The predicted molar refractivity (Wildman–Crippen MR) is 78.4 cm³/mol. The Morgan fingerprint density at radius 2 is 2.13 bits per heavy atom. The Balaban J connectivity index is 1.76. The molecule has 1 aromatic heterocycles. The number of hydrogen-bond donors (Lipinski definition) is 1. The molecule has 1 aliphatic rings. The van der Waals surface area contributed by atoms with Crippen LogP contribution in [0, 0.1) is 5.92 Å². The average Bonchev–Trinajstić information content (AvgIpc) is 3.23. The van der Waals surface area contributed by atoms with E-state index >= 15 is 0 Å². The fourth-order valence-corrected chi connectivity index (χ4v) is 2.32. The van der Waals surface area contributed by atoms with Gasteiger partial charge in [0.15, 0.2) is 0 Å². The molecule has 2 aromatic rings. The van der Waals surface area contributed by atoms with Crippen LogP contribution < -0.4 is 5.32 Å². The smallest absolute Gasteiger partial charge is 0.354 e. The van der Waals surface area contributed by atoms with E-state index in [2.05, 4.69) is 10.3 Å². The van der Waals surface area contributed by atoms with E-state index in [-0.39, 0.29) is 12.5 Å². The molecule has 0 radical (unpaired) electrons. The topological polar surface area (TPSA) is 46.9 Å². The molecule has 0 spiro atoms. The van der Waals surface area contributed by atoms with Crippen molar-refractivity contribution < 1.29 is 18.0 Å². The summed E-state index contributed by atoms with van der Waals surface area (Å²) >= 11 is 0. The molecule has 3 rings (SSSR count). The van der Waals surface area contributed by atoms with Gasteiger partial charge in [0.05, 0.1) is 5.56 Å². The lowest BCUT2D eigenvalue weighted by Gasteiger charge is -2.11. The summed E-state index contributed by atoms with van der Waals surface area (Å²) in [6, 6.07) is 4.95. The molecule has 23 heavy (non-hydrogen) atoms. The summed E-state index contributed by atoms with van der Waals surface area (Å²) in [6.45, 7) is 0.699. The number of nitrogens with one attached hydrogen (secondary N) is 1. The zero-order chi connectivity index (χ0) is 16.4. The van der Waals surface area contributed by atoms with Gasteiger partial charge in [0.2, 0.25) is 5.91 Å². The summed E-state index contributed by atoms with van der Waals surface area (Å²) in [4.78, 5) is 16.0. The lowest BCUT2D eigenvalue weighted by Crippen LogP contribution is -2.29. The minimum Gasteiger partial charge on any atom is -0.354 e. The van der Waals surface area contributed by atoms with Gasteiger partial charge in [-0.1, -0.05) is 12.1 Å². The van der Waals surface area contributed by atoms with Crippen molar-refractivity contribution in [3.63, 3.8) is 0 Å². The van der Waals surface area contributed by atoms with Gasteiger partial charge in [0.1, 0.15) is 12.4 Å². The van der Waals surface area contributed by atoms with E-state index in [9.17, 15) is 18.0 Å². The van der Waals surface area contributed by atoms with E-state index in [0.29, 0.717) is 23.9 Å². The molecular weight excluding hydrogens is 307 g/mol. The van der Waals surface area contributed by atoms with Crippen molar-refractivity contribution in [2.75, 3.05) is 6.54 Å². The summed E-state index contributed by atoms with van der Waals surface area (Å²) in [5.41, 5.74) is -0.400. The molecule has 1 amide bonds. The first-order valence-corrected chi connectivity index (χ1v) is 7.39. The molecule has 0 atom stereocenters. The van der Waals surface area contributed by atoms with Crippen LogP contribution in [0.2, 0.25) is 0 Å². The Hall–Kier alpha value is -2.31. The summed E-state index contributed by atoms with van der Waals surface area (Å²) in [7, 11) is 0. The first-order valence-electron chi connectivity index (χ1n) is 7.39. The second-order valence-corrected chi connectivity index (χ2v) is 5.70. The molecule has 1 fully saturated rings. The highest BCUT2D eigenvalue weighted by Crippen LogP contribution is 2.31. The maximum Gasteiger partial charge on any atom is 0.416 e. The standard InChI is InChI=1S/C16H16F3N3O/c17-16(18,19)13-3-1-2-12(8-13)15-20-6-7-22(15)10-14(23)21-9-11-4-5-11/h1-3,6-8,11H,4-5,9-10H2,(H,21,23). The lowest BCUT2D eigenvalue weighted by molar-refractivity contribution is -0.137. The van der Waals surface area contributed by atoms with Crippen molar-refractivity contribution in [3.8, 4) is 11.4 Å². The van der Waals surface area contributed by atoms with Gasteiger partial charge in [-0.25, -0.2) is 4.98 Å². The molecule has 7 heteroatoms. The van der Waals surface area contributed by atoms with Gasteiger partial charge in [0.25, 0.3) is 0 Å². The summed E-state index contributed by atoms with van der Waals surface area (Å²) in [5, 5.41) is 2.83. The summed E-state index contributed by atoms with van der Waals surface area (Å²) in [5.74, 6) is 0.755. The zero-order valence-corrected chi connectivity index (χ0v) is 12.3. The molecular formula is C16H16F3N3O. The molecule has 1 aromatic carbocycles. The van der Waals surface area contributed by atoms with Crippen LogP contribution in [0.25, 0.3) is 11.4 Å². The van der Waals surface area contributed by atoms with Gasteiger partial charge in [-0.05, 0) is 30.9 Å². The quantitative estimate of drug-likeness (QED) is 0.919. The molecule has 1 saturated carbocycles. The number of nitrogens with zero attached hydrogens (tertiary/aromatic N) is 2. The summed E-state index contributed by atoms with van der Waals surface area (Å²) in [6.07, 6.45) is 0.937. The number of rotatable bonds is 5. The lowest BCUT2D eigenvalue weighted by atomic mass is 10.1. The third-order valence-electron chi connectivity index (χ3n) is 3.76. The van der Waals surface area contributed by atoms with Crippen LogP contribution in [-0.2, 0) is 17.5 Å². The second kappa shape index (κ2) is 6.06. The Morgan fingerprint density at radius 1 is 1.35 bits per heavy atom. The van der Waals surface area contributed by atoms with Crippen LogP contribution in [-0.4, -0.2) is 22.0 Å². The molecule has 0 aliphatic heterocycles. The zero-order valence-electron chi connectivity index (χ0n) is 12.3. The van der Waals surface area contributed by atoms with Crippen LogP contribution in [0.3, 0.4) is 0 Å². The Bertz CT molecular complexity index is 705. The van der Waals surface area contributed by atoms with Crippen molar-refractivity contribution in [2.45, 2.75) is 25.6 Å². The van der Waals surface area contributed by atoms with Gasteiger partial charge >= 0.3 is 6.18 Å². The van der Waals surface area contributed by atoms with E-state index in [0.717, 1.165) is 25.0 Å². The maximum absolute atomic E-state index is 12.8. The van der Waals surface area contributed by atoms with Gasteiger partial charge in [0, 0.05) is 24.5 Å². The number of carbonyl (C=O) groups is 1. The molecule has 0 unspecified atom stereocenters. The molecule has 0 bridgehead atoms. The van der Waals surface area contributed by atoms with Crippen LogP contribution >= 0.6 is 0 Å². The molecule has 0 saturated heterocycles. The van der Waals surface area contributed by atoms with Gasteiger partial charge in [-0.15, -0.1) is 0 Å². The molecule has 1 aliphatic carbocycles. The monoisotopic (exact) mass is 323 g/mol. The van der Waals surface area contributed by atoms with Gasteiger partial charge in [-0.3, -0.25) is 4.79 Å². The summed E-state index contributed by atoms with van der Waals surface area (Å²) < 4.78 is 40.0. The van der Waals surface area contributed by atoms with E-state index in [1.54, 1.807) is 16.8 Å². The minimum absolute atomic E-state index is 0.0400. The van der Waals surface area contributed by atoms with Gasteiger partial charge in [-0.2, -0.15) is 13.2 Å². The number of alkyl halides is 3. The van der Waals surface area contributed by atoms with Crippen LogP contribution in [0.1, 0.15) is 18.4 Å². The minimum atomic E-state index is -4.41. The van der Waals surface area contributed by atoms with Crippen molar-refractivity contribution >= 4 is 5.91 Å². The SMILES string of the molecule is O=C(Cn1ccnc1-c1cccc(C(F)(F)F)c1)NCC1CC1. The number of hydrogen-bond acceptors (Lipinski definition) is 2. The number of amides is 1. The fourth-order valence-electron chi connectivity index (χ4n) is 2.32. The van der Waals surface area contributed by atoms with E-state index in [1.807, 2.05) is 0 Å². The van der Waals surface area contributed by atoms with Crippen molar-refractivity contribution in [2.24, 2.45) is 5.92 Å². The van der Waals surface area contributed by atoms with Crippen molar-refractivity contribution in [1.82, 2.24) is 14.9 Å². The predicted octanol–water partition coefficient (Wildman–Crippen LogP) is 3.10. The highest BCUT2D eigenvalue weighted by Gasteiger charge is 2.30. The maximum atomic E-state index is 12.8. The van der Waals surface area contributed by atoms with E-state index in [1.165, 1.54) is 12.3 Å². The third kappa shape index (κ3) is 3.91. The first-order chi connectivity index (χ1) is 10.9. The Kier molecular flexibility index (Phi) is 4.11.